The molecule has 0 bridgehead atoms. The molecule has 2 heterocycles. The molecule has 2 aromatic heterocycles. The second-order valence-corrected chi connectivity index (χ2v) is 6.55. The molecule has 3 aromatic rings. The molecule has 0 spiro atoms. The van der Waals surface area contributed by atoms with Crippen LogP contribution >= 0.6 is 23.1 Å². The molecule has 0 aliphatic heterocycles. The summed E-state index contributed by atoms with van der Waals surface area (Å²) < 4.78 is 2.25. The van der Waals surface area contributed by atoms with Gasteiger partial charge < -0.3 is 4.57 Å². The molecule has 0 aliphatic carbocycles. The zero-order chi connectivity index (χ0) is 14.5. The minimum atomic E-state index is 0.861. The largest absolute Gasteiger partial charge is 0.305 e. The highest BCUT2D eigenvalue weighted by molar-refractivity contribution is 7.98. The Kier molecular flexibility index (Phi) is 4.72. The Hall–Kier alpha value is -1.59. The lowest BCUT2D eigenvalue weighted by Crippen LogP contribution is -2.07. The SMILES string of the molecule is CSc1nnc(Cc2cccs2)n1CCc1ccccc1. The van der Waals surface area contributed by atoms with Crippen LogP contribution in [0.4, 0.5) is 0 Å². The minimum Gasteiger partial charge on any atom is -0.305 e. The number of thioether (sulfide) groups is 1. The lowest BCUT2D eigenvalue weighted by molar-refractivity contribution is 0.610. The molecule has 0 fully saturated rings. The maximum absolute atomic E-state index is 4.37. The highest BCUT2D eigenvalue weighted by atomic mass is 32.2. The number of aryl methyl sites for hydroxylation is 1. The van der Waals surface area contributed by atoms with Crippen molar-refractivity contribution >= 4 is 23.1 Å². The fourth-order valence-corrected chi connectivity index (χ4v) is 3.52. The molecule has 1 aromatic carbocycles. The van der Waals surface area contributed by atoms with E-state index >= 15 is 0 Å². The van der Waals surface area contributed by atoms with E-state index in [0.29, 0.717) is 0 Å². The zero-order valence-corrected chi connectivity index (χ0v) is 13.5. The standard InChI is InChI=1S/C16H17N3S2/c1-20-16-18-17-15(12-14-8-5-11-21-14)19(16)10-9-13-6-3-2-4-7-13/h2-8,11H,9-10,12H2,1H3. The number of aromatic nitrogens is 3. The van der Waals surface area contributed by atoms with Gasteiger partial charge in [0.1, 0.15) is 5.82 Å². The topological polar surface area (TPSA) is 30.7 Å². The van der Waals surface area contributed by atoms with Crippen LogP contribution in [0.2, 0.25) is 0 Å². The molecule has 21 heavy (non-hydrogen) atoms. The first-order valence-electron chi connectivity index (χ1n) is 6.89. The maximum Gasteiger partial charge on any atom is 0.190 e. The third-order valence-electron chi connectivity index (χ3n) is 3.36. The third kappa shape index (κ3) is 3.54. The molecule has 0 radical (unpaired) electrons. The predicted molar refractivity (Wildman–Crippen MR) is 89.1 cm³/mol. The maximum atomic E-state index is 4.37. The normalized spacial score (nSPS) is 10.9. The third-order valence-corrected chi connectivity index (χ3v) is 4.90. The van der Waals surface area contributed by atoms with Gasteiger partial charge in [0.05, 0.1) is 0 Å². The van der Waals surface area contributed by atoms with Gasteiger partial charge >= 0.3 is 0 Å². The van der Waals surface area contributed by atoms with Gasteiger partial charge in [-0.05, 0) is 29.7 Å². The van der Waals surface area contributed by atoms with Crippen molar-refractivity contribution in [3.05, 3.63) is 64.1 Å². The molecular weight excluding hydrogens is 298 g/mol. The average Bonchev–Trinajstić information content (AvgIpc) is 3.16. The molecule has 3 rings (SSSR count). The summed E-state index contributed by atoms with van der Waals surface area (Å²) >= 11 is 3.43. The summed E-state index contributed by atoms with van der Waals surface area (Å²) in [6.45, 7) is 0.924. The highest BCUT2D eigenvalue weighted by Gasteiger charge is 2.12. The van der Waals surface area contributed by atoms with Crippen LogP contribution < -0.4 is 0 Å². The van der Waals surface area contributed by atoms with Crippen molar-refractivity contribution in [1.82, 2.24) is 14.8 Å². The van der Waals surface area contributed by atoms with E-state index in [1.807, 2.05) is 0 Å². The lowest BCUT2D eigenvalue weighted by atomic mass is 10.1. The monoisotopic (exact) mass is 315 g/mol. The van der Waals surface area contributed by atoms with E-state index in [-0.39, 0.29) is 0 Å². The number of hydrogen-bond donors (Lipinski definition) is 0. The summed E-state index contributed by atoms with van der Waals surface area (Å²) in [5, 5.41) is 11.8. The molecule has 0 amide bonds. The van der Waals surface area contributed by atoms with Crippen LogP contribution in [-0.4, -0.2) is 21.0 Å². The number of thiophene rings is 1. The summed E-state index contributed by atoms with van der Waals surface area (Å²) in [6.07, 6.45) is 3.92. The molecule has 0 saturated carbocycles. The fraction of sp³-hybridized carbons (Fsp3) is 0.250. The Bertz CT molecular complexity index is 675. The van der Waals surface area contributed by atoms with Crippen molar-refractivity contribution in [2.45, 2.75) is 24.5 Å². The summed E-state index contributed by atoms with van der Waals surface area (Å²) in [6, 6.07) is 14.8. The molecule has 0 atom stereocenters. The summed E-state index contributed by atoms with van der Waals surface area (Å²) in [4.78, 5) is 1.33. The first-order chi connectivity index (χ1) is 10.4. The number of rotatable bonds is 6. The van der Waals surface area contributed by atoms with Crippen LogP contribution in [0.15, 0.2) is 53.0 Å². The van der Waals surface area contributed by atoms with E-state index in [4.69, 9.17) is 0 Å². The van der Waals surface area contributed by atoms with Gasteiger partial charge in [-0.25, -0.2) is 0 Å². The molecule has 0 N–H and O–H groups in total. The Morgan fingerprint density at radius 1 is 1.10 bits per heavy atom. The molecule has 3 nitrogen and oxygen atoms in total. The molecule has 0 aliphatic rings. The Morgan fingerprint density at radius 2 is 1.95 bits per heavy atom. The highest BCUT2D eigenvalue weighted by Crippen LogP contribution is 2.19. The smallest absolute Gasteiger partial charge is 0.190 e. The lowest BCUT2D eigenvalue weighted by Gasteiger charge is -2.09. The first-order valence-corrected chi connectivity index (χ1v) is 8.99. The number of benzene rings is 1. The van der Waals surface area contributed by atoms with Crippen molar-refractivity contribution in [1.29, 1.82) is 0 Å². The Labute approximate surface area is 133 Å². The van der Waals surface area contributed by atoms with Crippen molar-refractivity contribution < 1.29 is 0 Å². The van der Waals surface area contributed by atoms with E-state index < -0.39 is 0 Å². The van der Waals surface area contributed by atoms with Crippen LogP contribution in [0, 0.1) is 0 Å². The van der Waals surface area contributed by atoms with Gasteiger partial charge in [0, 0.05) is 17.8 Å². The molecule has 108 valence electrons. The van der Waals surface area contributed by atoms with E-state index in [0.717, 1.165) is 30.4 Å². The van der Waals surface area contributed by atoms with Crippen molar-refractivity contribution in [2.75, 3.05) is 6.26 Å². The van der Waals surface area contributed by atoms with Gasteiger partial charge in [0.2, 0.25) is 0 Å². The molecule has 5 heteroatoms. The zero-order valence-electron chi connectivity index (χ0n) is 11.9. The average molecular weight is 315 g/mol. The van der Waals surface area contributed by atoms with Gasteiger partial charge in [-0.2, -0.15) is 0 Å². The van der Waals surface area contributed by atoms with Gasteiger partial charge in [0.25, 0.3) is 0 Å². The fourth-order valence-electron chi connectivity index (χ4n) is 2.28. The molecular formula is C16H17N3S2. The van der Waals surface area contributed by atoms with Crippen LogP contribution in [0.3, 0.4) is 0 Å². The van der Waals surface area contributed by atoms with E-state index in [1.54, 1.807) is 23.1 Å². The van der Waals surface area contributed by atoms with E-state index in [9.17, 15) is 0 Å². The van der Waals surface area contributed by atoms with Gasteiger partial charge in [-0.15, -0.1) is 21.5 Å². The number of hydrogen-bond acceptors (Lipinski definition) is 4. The van der Waals surface area contributed by atoms with Crippen molar-refractivity contribution in [2.24, 2.45) is 0 Å². The van der Waals surface area contributed by atoms with Gasteiger partial charge in [0.15, 0.2) is 5.16 Å². The van der Waals surface area contributed by atoms with Crippen LogP contribution in [0.5, 0.6) is 0 Å². The van der Waals surface area contributed by atoms with Crippen LogP contribution in [-0.2, 0) is 19.4 Å². The Balaban J connectivity index is 1.77. The Morgan fingerprint density at radius 3 is 2.67 bits per heavy atom. The minimum absolute atomic E-state index is 0.861. The molecule has 0 unspecified atom stereocenters. The predicted octanol–water partition coefficient (Wildman–Crippen LogP) is 3.90. The van der Waals surface area contributed by atoms with E-state index in [1.165, 1.54) is 10.4 Å². The van der Waals surface area contributed by atoms with Crippen LogP contribution in [0.1, 0.15) is 16.3 Å². The quantitative estimate of drug-likeness (QED) is 0.647. The van der Waals surface area contributed by atoms with Crippen molar-refractivity contribution in [3.8, 4) is 0 Å². The summed E-state index contributed by atoms with van der Waals surface area (Å²) in [5.41, 5.74) is 1.35. The van der Waals surface area contributed by atoms with Gasteiger partial charge in [-0.1, -0.05) is 48.2 Å². The number of nitrogens with zero attached hydrogens (tertiary/aromatic N) is 3. The summed E-state index contributed by atoms with van der Waals surface area (Å²) in [5.74, 6) is 1.05. The molecule has 0 saturated heterocycles. The second kappa shape index (κ2) is 6.91. The van der Waals surface area contributed by atoms with Crippen molar-refractivity contribution in [3.63, 3.8) is 0 Å². The first kappa shape index (κ1) is 14.4. The van der Waals surface area contributed by atoms with Gasteiger partial charge in [-0.3, -0.25) is 0 Å². The summed E-state index contributed by atoms with van der Waals surface area (Å²) in [7, 11) is 0. The van der Waals surface area contributed by atoms with E-state index in [2.05, 4.69) is 68.9 Å². The van der Waals surface area contributed by atoms with Crippen LogP contribution in [0.25, 0.3) is 0 Å². The second-order valence-electron chi connectivity index (χ2n) is 4.75.